The molecule has 0 unspecified atom stereocenters. The first kappa shape index (κ1) is 23.9. The molecule has 8 heteroatoms. The molecule has 0 N–H and O–H groups in total. The summed E-state index contributed by atoms with van der Waals surface area (Å²) in [4.78, 5) is 0. The van der Waals surface area contributed by atoms with Crippen molar-refractivity contribution in [2.45, 2.75) is 26.2 Å². The van der Waals surface area contributed by atoms with E-state index < -0.39 is 0 Å². The Morgan fingerprint density at radius 3 is 1.41 bits per heavy atom. The third kappa shape index (κ3) is 7.32. The number of azo groups is 2. The highest BCUT2D eigenvalue weighted by atomic mass is 15.1. The molecule has 37 heavy (non-hydrogen) atoms. The standard InChI is InChI=1S/C29H29N8/c1-3-7-26(8-4-1)30-32-28-11-15-34(16-12-28)19-21-36-23-24-37(25-36)22-20-35-17-13-29(14-18-35)33-31-27-9-5-2-6-10-27/h1-18,23-25H,19-22H2/q+3. The van der Waals surface area contributed by atoms with E-state index in [9.17, 15) is 0 Å². The van der Waals surface area contributed by atoms with Crippen molar-refractivity contribution in [2.75, 3.05) is 0 Å². The summed E-state index contributed by atoms with van der Waals surface area (Å²) in [5.74, 6) is 0. The van der Waals surface area contributed by atoms with Crippen LogP contribution in [0.4, 0.5) is 22.7 Å². The topological polar surface area (TPSA) is 66.0 Å². The van der Waals surface area contributed by atoms with Crippen molar-refractivity contribution >= 4 is 22.7 Å². The van der Waals surface area contributed by atoms with E-state index in [1.807, 2.05) is 110 Å². The van der Waals surface area contributed by atoms with Crippen LogP contribution in [0.5, 0.6) is 0 Å². The molecule has 0 saturated carbocycles. The molecular formula is C29H29N8+3. The van der Waals surface area contributed by atoms with Crippen LogP contribution in [-0.2, 0) is 26.2 Å². The SMILES string of the molecule is c1ccc(N=Nc2cc[n+](CCn3cc[n+](CC[n+]4ccc(N=Nc5ccccc5)cc4)c3)cc2)cc1. The lowest BCUT2D eigenvalue weighted by atomic mass is 10.3. The lowest BCUT2D eigenvalue weighted by molar-refractivity contribution is -0.778. The van der Waals surface area contributed by atoms with Crippen LogP contribution < -0.4 is 13.7 Å². The quantitative estimate of drug-likeness (QED) is 0.182. The molecule has 3 heterocycles. The van der Waals surface area contributed by atoms with Crippen molar-refractivity contribution in [2.24, 2.45) is 20.5 Å². The Morgan fingerprint density at radius 2 is 0.892 bits per heavy atom. The minimum Gasteiger partial charge on any atom is -0.230 e. The third-order valence-electron chi connectivity index (χ3n) is 5.80. The maximum absolute atomic E-state index is 4.30. The number of hydrogen-bond acceptors (Lipinski definition) is 4. The van der Waals surface area contributed by atoms with Crippen molar-refractivity contribution in [3.05, 3.63) is 128 Å². The first-order valence-electron chi connectivity index (χ1n) is 12.3. The Kier molecular flexibility index (Phi) is 7.88. The molecule has 0 aliphatic carbocycles. The summed E-state index contributed by atoms with van der Waals surface area (Å²) >= 11 is 0. The maximum Gasteiger partial charge on any atom is 0.244 e. The summed E-state index contributed by atoms with van der Waals surface area (Å²) in [6.07, 6.45) is 14.5. The lowest BCUT2D eigenvalue weighted by Crippen LogP contribution is -2.43. The van der Waals surface area contributed by atoms with E-state index in [1.54, 1.807) is 0 Å². The molecule has 8 nitrogen and oxygen atoms in total. The van der Waals surface area contributed by atoms with Crippen LogP contribution in [0.1, 0.15) is 0 Å². The van der Waals surface area contributed by atoms with Gasteiger partial charge in [0.25, 0.3) is 0 Å². The molecule has 3 aromatic heterocycles. The number of benzene rings is 2. The van der Waals surface area contributed by atoms with Crippen LogP contribution in [0.15, 0.2) is 149 Å². The van der Waals surface area contributed by atoms with E-state index in [0.29, 0.717) is 0 Å². The number of imidazole rings is 1. The van der Waals surface area contributed by atoms with Gasteiger partial charge in [-0.25, -0.2) is 18.3 Å². The van der Waals surface area contributed by atoms with Gasteiger partial charge in [0, 0.05) is 24.3 Å². The molecule has 0 spiro atoms. The number of nitrogens with zero attached hydrogens (tertiary/aromatic N) is 8. The Hall–Kier alpha value is -4.85. The first-order chi connectivity index (χ1) is 18.3. The average molecular weight is 490 g/mol. The van der Waals surface area contributed by atoms with Crippen molar-refractivity contribution in [3.8, 4) is 0 Å². The summed E-state index contributed by atoms with van der Waals surface area (Å²) in [6, 6.07) is 27.4. The average Bonchev–Trinajstić information content (AvgIpc) is 3.43. The number of pyridine rings is 2. The highest BCUT2D eigenvalue weighted by Crippen LogP contribution is 2.17. The molecule has 182 valence electrons. The highest BCUT2D eigenvalue weighted by Gasteiger charge is 2.09. The van der Waals surface area contributed by atoms with Gasteiger partial charge >= 0.3 is 0 Å². The van der Waals surface area contributed by atoms with Gasteiger partial charge in [-0.2, -0.15) is 20.5 Å². The van der Waals surface area contributed by atoms with Gasteiger partial charge in [0.2, 0.25) is 6.33 Å². The largest absolute Gasteiger partial charge is 0.244 e. The van der Waals surface area contributed by atoms with Crippen molar-refractivity contribution in [1.82, 2.24) is 4.57 Å². The summed E-state index contributed by atoms with van der Waals surface area (Å²) in [7, 11) is 0. The van der Waals surface area contributed by atoms with Crippen molar-refractivity contribution in [1.29, 1.82) is 0 Å². The molecule has 0 saturated heterocycles. The molecule has 0 fully saturated rings. The monoisotopic (exact) mass is 489 g/mol. The fourth-order valence-corrected chi connectivity index (χ4v) is 3.72. The lowest BCUT2D eigenvalue weighted by Gasteiger charge is -1.97. The minimum atomic E-state index is 0.837. The van der Waals surface area contributed by atoms with E-state index >= 15 is 0 Å². The summed E-state index contributed by atoms with van der Waals surface area (Å²) in [5.41, 5.74) is 3.37. The van der Waals surface area contributed by atoms with Crippen LogP contribution in [0.3, 0.4) is 0 Å². The van der Waals surface area contributed by atoms with E-state index in [0.717, 1.165) is 48.9 Å². The number of hydrogen-bond donors (Lipinski definition) is 0. The molecule has 5 aromatic rings. The fraction of sp³-hybridized carbons (Fsp3) is 0.138. The van der Waals surface area contributed by atoms with E-state index in [-0.39, 0.29) is 0 Å². The first-order valence-corrected chi connectivity index (χ1v) is 12.3. The molecular weight excluding hydrogens is 460 g/mol. The maximum atomic E-state index is 4.30. The molecule has 2 aromatic carbocycles. The van der Waals surface area contributed by atoms with Gasteiger partial charge < -0.3 is 0 Å². The highest BCUT2D eigenvalue weighted by molar-refractivity contribution is 5.38. The Morgan fingerprint density at radius 1 is 0.459 bits per heavy atom. The fourth-order valence-electron chi connectivity index (χ4n) is 3.72. The molecule has 0 bridgehead atoms. The smallest absolute Gasteiger partial charge is 0.230 e. The Balaban J connectivity index is 1.07. The Bertz CT molecular complexity index is 1330. The van der Waals surface area contributed by atoms with Crippen molar-refractivity contribution < 1.29 is 13.7 Å². The van der Waals surface area contributed by atoms with Gasteiger partial charge in [-0.15, -0.1) is 0 Å². The summed E-state index contributed by atoms with van der Waals surface area (Å²) < 4.78 is 8.71. The number of rotatable bonds is 10. The zero-order valence-electron chi connectivity index (χ0n) is 20.5. The van der Waals surface area contributed by atoms with Crippen LogP contribution >= 0.6 is 0 Å². The van der Waals surface area contributed by atoms with E-state index in [1.165, 1.54) is 0 Å². The second-order valence-corrected chi connectivity index (χ2v) is 8.55. The van der Waals surface area contributed by atoms with Crippen LogP contribution in [0, 0.1) is 0 Å². The summed E-state index contributed by atoms with van der Waals surface area (Å²) in [6.45, 7) is 3.52. The van der Waals surface area contributed by atoms with Gasteiger partial charge in [-0.3, -0.25) is 0 Å². The summed E-state index contributed by atoms with van der Waals surface area (Å²) in [5, 5.41) is 17.1. The zero-order chi connectivity index (χ0) is 25.1. The second-order valence-electron chi connectivity index (χ2n) is 8.55. The molecule has 0 atom stereocenters. The van der Waals surface area contributed by atoms with Crippen LogP contribution in [-0.4, -0.2) is 4.57 Å². The van der Waals surface area contributed by atoms with Gasteiger partial charge in [0.15, 0.2) is 37.9 Å². The zero-order valence-corrected chi connectivity index (χ0v) is 20.5. The van der Waals surface area contributed by atoms with Gasteiger partial charge in [0.1, 0.15) is 25.5 Å². The number of aryl methyl sites for hydroxylation is 4. The Labute approximate surface area is 216 Å². The van der Waals surface area contributed by atoms with E-state index in [4.69, 9.17) is 0 Å². The molecule has 0 aliphatic heterocycles. The van der Waals surface area contributed by atoms with Crippen molar-refractivity contribution in [3.63, 3.8) is 0 Å². The predicted octanol–water partition coefficient (Wildman–Crippen LogP) is 5.58. The molecule has 0 radical (unpaired) electrons. The minimum absolute atomic E-state index is 0.837. The van der Waals surface area contributed by atoms with Gasteiger partial charge in [0.05, 0.1) is 22.7 Å². The third-order valence-corrected chi connectivity index (χ3v) is 5.80. The number of aromatic nitrogens is 4. The predicted molar refractivity (Wildman–Crippen MR) is 139 cm³/mol. The molecule has 0 aliphatic rings. The second kappa shape index (κ2) is 12.2. The van der Waals surface area contributed by atoms with Crippen LogP contribution in [0.2, 0.25) is 0 Å². The van der Waals surface area contributed by atoms with Gasteiger partial charge in [-0.05, 0) is 24.3 Å². The molecule has 5 rings (SSSR count). The normalized spacial score (nSPS) is 11.5. The van der Waals surface area contributed by atoms with Gasteiger partial charge in [-0.1, -0.05) is 36.4 Å². The molecule has 0 amide bonds. The van der Waals surface area contributed by atoms with Crippen LogP contribution in [0.25, 0.3) is 0 Å². The van der Waals surface area contributed by atoms with E-state index in [2.05, 4.69) is 57.4 Å².